The van der Waals surface area contributed by atoms with Crippen LogP contribution in [-0.2, 0) is 11.2 Å². The highest BCUT2D eigenvalue weighted by atomic mass is 79.9. The fourth-order valence-electron chi connectivity index (χ4n) is 4.23. The third-order valence-corrected chi connectivity index (χ3v) is 6.97. The van der Waals surface area contributed by atoms with E-state index >= 15 is 4.39 Å². The summed E-state index contributed by atoms with van der Waals surface area (Å²) in [4.78, 5) is 25.0. The van der Waals surface area contributed by atoms with Crippen LogP contribution < -0.4 is 9.64 Å². The van der Waals surface area contributed by atoms with Crippen LogP contribution >= 0.6 is 15.9 Å². The molecule has 3 heterocycles. The molecule has 0 aliphatic carbocycles. The summed E-state index contributed by atoms with van der Waals surface area (Å²) >= 11 is 3.33. The van der Waals surface area contributed by atoms with E-state index < -0.39 is 5.82 Å². The molecule has 164 valence electrons. The number of likely N-dealkylation sites (tertiary alicyclic amines) is 1. The molecule has 2 aliphatic heterocycles. The van der Waals surface area contributed by atoms with Gasteiger partial charge >= 0.3 is 6.01 Å². The van der Waals surface area contributed by atoms with Gasteiger partial charge in [0.05, 0.1) is 10.5 Å². The zero-order chi connectivity index (χ0) is 22.0. The molecule has 2 saturated heterocycles. The van der Waals surface area contributed by atoms with Crippen molar-refractivity contribution in [3.8, 4) is 12.1 Å². The molecule has 1 atom stereocenters. The summed E-state index contributed by atoms with van der Waals surface area (Å²) in [5.74, 6) is 0.320. The highest BCUT2D eigenvalue weighted by molar-refractivity contribution is 9.10. The Labute approximate surface area is 189 Å². The summed E-state index contributed by atoms with van der Waals surface area (Å²) in [6.45, 7) is 2.54. The van der Waals surface area contributed by atoms with Crippen LogP contribution in [0.4, 0.5) is 10.2 Å². The molecule has 2 aromatic rings. The number of nitriles is 1. The number of Topliss-reactive ketones (excluding diaryl/α,β-unsaturated/α-hetero) is 1. The molecule has 0 unspecified atom stereocenters. The molecule has 31 heavy (non-hydrogen) atoms. The number of fused-ring (bicyclic) bond motifs is 1. The number of anilines is 1. The van der Waals surface area contributed by atoms with E-state index in [-0.39, 0.29) is 23.7 Å². The number of halogens is 2. The quantitative estimate of drug-likeness (QED) is 0.612. The summed E-state index contributed by atoms with van der Waals surface area (Å²) in [6.07, 6.45) is 3.77. The van der Waals surface area contributed by atoms with Crippen molar-refractivity contribution in [1.29, 1.82) is 5.26 Å². The predicted octanol–water partition coefficient (Wildman–Crippen LogP) is 3.63. The molecule has 2 aliphatic rings. The molecule has 0 spiro atoms. The number of piperidine rings is 1. The standard InChI is InChI=1S/C22H25BrFN5O2/c1-28-9-3-5-15(28)13-31-22-26-20-17(12-14(4-2-8-25)18(23)19(20)24)21(27-22)29-10-6-16(30)7-11-29/h12,15H,2-7,9-11,13H2,1H3/t15-/m0/s1. The number of hydrogen-bond donors (Lipinski definition) is 0. The maximum Gasteiger partial charge on any atom is 0.319 e. The van der Waals surface area contributed by atoms with E-state index in [0.29, 0.717) is 66.2 Å². The molecule has 0 saturated carbocycles. The van der Waals surface area contributed by atoms with Crippen LogP contribution in [0.5, 0.6) is 6.01 Å². The highest BCUT2D eigenvalue weighted by Gasteiger charge is 2.26. The lowest BCUT2D eigenvalue weighted by Crippen LogP contribution is -2.35. The smallest absolute Gasteiger partial charge is 0.319 e. The van der Waals surface area contributed by atoms with Gasteiger partial charge in [0.2, 0.25) is 0 Å². The van der Waals surface area contributed by atoms with E-state index in [4.69, 9.17) is 10.00 Å². The van der Waals surface area contributed by atoms with Gasteiger partial charge in [-0.2, -0.15) is 15.2 Å². The average molecular weight is 490 g/mol. The van der Waals surface area contributed by atoms with Gasteiger partial charge in [-0.3, -0.25) is 4.79 Å². The second-order valence-electron chi connectivity index (χ2n) is 8.16. The first kappa shape index (κ1) is 21.9. The van der Waals surface area contributed by atoms with E-state index in [2.05, 4.69) is 43.9 Å². The minimum Gasteiger partial charge on any atom is -0.462 e. The predicted molar refractivity (Wildman–Crippen MR) is 119 cm³/mol. The topological polar surface area (TPSA) is 82.4 Å². The molecular formula is C22H25BrFN5O2. The number of hydrogen-bond acceptors (Lipinski definition) is 7. The number of ketones is 1. The van der Waals surface area contributed by atoms with Gasteiger partial charge in [-0.05, 0) is 60.4 Å². The van der Waals surface area contributed by atoms with Crippen molar-refractivity contribution in [1.82, 2.24) is 14.9 Å². The van der Waals surface area contributed by atoms with Crippen LogP contribution in [0.15, 0.2) is 10.5 Å². The van der Waals surface area contributed by atoms with E-state index in [0.717, 1.165) is 19.4 Å². The summed E-state index contributed by atoms with van der Waals surface area (Å²) in [5.41, 5.74) is 0.884. The van der Waals surface area contributed by atoms with Crippen molar-refractivity contribution in [3.05, 3.63) is 21.9 Å². The molecule has 1 aromatic heterocycles. The Morgan fingerprint density at radius 2 is 2.10 bits per heavy atom. The summed E-state index contributed by atoms with van der Waals surface area (Å²) < 4.78 is 21.6. The number of carbonyl (C=O) groups excluding carboxylic acids is 1. The fraction of sp³-hybridized carbons (Fsp3) is 0.545. The molecule has 9 heteroatoms. The monoisotopic (exact) mass is 489 g/mol. The van der Waals surface area contributed by atoms with E-state index in [1.54, 1.807) is 0 Å². The number of aromatic nitrogens is 2. The van der Waals surface area contributed by atoms with Crippen molar-refractivity contribution in [2.24, 2.45) is 0 Å². The van der Waals surface area contributed by atoms with Crippen LogP contribution in [-0.4, -0.2) is 60.0 Å². The van der Waals surface area contributed by atoms with Gasteiger partial charge in [0, 0.05) is 43.8 Å². The number of nitrogens with zero attached hydrogens (tertiary/aromatic N) is 5. The first-order valence-electron chi connectivity index (χ1n) is 10.6. The maximum atomic E-state index is 15.3. The molecule has 2 fully saturated rings. The lowest BCUT2D eigenvalue weighted by molar-refractivity contribution is -0.119. The second-order valence-corrected chi connectivity index (χ2v) is 8.95. The maximum absolute atomic E-state index is 15.3. The number of carbonyl (C=O) groups is 1. The van der Waals surface area contributed by atoms with Crippen molar-refractivity contribution in [3.63, 3.8) is 0 Å². The average Bonchev–Trinajstić information content (AvgIpc) is 3.19. The summed E-state index contributed by atoms with van der Waals surface area (Å²) in [5, 5.41) is 9.52. The normalized spacial score (nSPS) is 19.7. The number of aryl methyl sites for hydroxylation is 1. The van der Waals surface area contributed by atoms with Gasteiger partial charge in [0.15, 0.2) is 5.82 Å². The van der Waals surface area contributed by atoms with Gasteiger partial charge in [0.25, 0.3) is 0 Å². The van der Waals surface area contributed by atoms with Crippen LogP contribution in [0.2, 0.25) is 0 Å². The molecule has 4 rings (SSSR count). The molecule has 7 nitrogen and oxygen atoms in total. The van der Waals surface area contributed by atoms with Gasteiger partial charge in [-0.15, -0.1) is 0 Å². The minimum atomic E-state index is -0.481. The van der Waals surface area contributed by atoms with Gasteiger partial charge in [0.1, 0.15) is 23.7 Å². The second kappa shape index (κ2) is 9.45. The zero-order valence-electron chi connectivity index (χ0n) is 17.5. The lowest BCUT2D eigenvalue weighted by Gasteiger charge is -2.28. The molecule has 0 radical (unpaired) electrons. The van der Waals surface area contributed by atoms with Crippen molar-refractivity contribution in [2.75, 3.05) is 38.2 Å². The zero-order valence-corrected chi connectivity index (χ0v) is 19.1. The Hall–Kier alpha value is -2.31. The van der Waals surface area contributed by atoms with Crippen LogP contribution in [0.25, 0.3) is 10.9 Å². The Morgan fingerprint density at radius 1 is 1.32 bits per heavy atom. The van der Waals surface area contributed by atoms with Crippen molar-refractivity contribution < 1.29 is 13.9 Å². The number of ether oxygens (including phenoxy) is 1. The Balaban J connectivity index is 1.74. The third-order valence-electron chi connectivity index (χ3n) is 6.11. The van der Waals surface area contributed by atoms with Crippen LogP contribution in [0.1, 0.15) is 37.7 Å². The van der Waals surface area contributed by atoms with Gasteiger partial charge < -0.3 is 14.5 Å². The Morgan fingerprint density at radius 3 is 2.77 bits per heavy atom. The van der Waals surface area contributed by atoms with Crippen LogP contribution in [0, 0.1) is 17.1 Å². The molecule has 0 bridgehead atoms. The Kier molecular flexibility index (Phi) is 6.68. The highest BCUT2D eigenvalue weighted by Crippen LogP contribution is 2.35. The number of rotatable bonds is 6. The SMILES string of the molecule is CN1CCC[C@H]1COc1nc(N2CCC(=O)CC2)c2cc(CCC#N)c(Br)c(F)c2n1. The number of benzene rings is 1. The first-order chi connectivity index (χ1) is 15.0. The summed E-state index contributed by atoms with van der Waals surface area (Å²) in [6, 6.07) is 4.39. The molecular weight excluding hydrogens is 465 g/mol. The largest absolute Gasteiger partial charge is 0.462 e. The molecule has 1 aromatic carbocycles. The molecule has 0 amide bonds. The van der Waals surface area contributed by atoms with Crippen molar-refractivity contribution in [2.45, 2.75) is 44.6 Å². The van der Waals surface area contributed by atoms with Crippen molar-refractivity contribution >= 4 is 38.4 Å². The van der Waals surface area contributed by atoms with E-state index in [9.17, 15) is 4.79 Å². The van der Waals surface area contributed by atoms with E-state index in [1.165, 1.54) is 0 Å². The summed E-state index contributed by atoms with van der Waals surface area (Å²) in [7, 11) is 2.07. The molecule has 0 N–H and O–H groups in total. The van der Waals surface area contributed by atoms with Crippen LogP contribution in [0.3, 0.4) is 0 Å². The fourth-order valence-corrected chi connectivity index (χ4v) is 4.73. The van der Waals surface area contributed by atoms with Gasteiger partial charge in [-0.25, -0.2) is 4.39 Å². The third kappa shape index (κ3) is 4.65. The first-order valence-corrected chi connectivity index (χ1v) is 11.4. The lowest BCUT2D eigenvalue weighted by atomic mass is 10.0. The van der Waals surface area contributed by atoms with E-state index in [1.807, 2.05) is 11.0 Å². The van der Waals surface area contributed by atoms with Gasteiger partial charge in [-0.1, -0.05) is 0 Å². The minimum absolute atomic E-state index is 0.148. The number of likely N-dealkylation sites (N-methyl/N-ethyl adjacent to an activating group) is 1. The Bertz CT molecular complexity index is 1030.